The molecule has 0 bridgehead atoms. The number of hydrogen-bond acceptors (Lipinski definition) is 3. The lowest BCUT2D eigenvalue weighted by Gasteiger charge is -2.20. The number of benzene rings is 1. The smallest absolute Gasteiger partial charge is 0.0968 e. The number of pyridine rings is 1. The monoisotopic (exact) mass is 265 g/mol. The van der Waals surface area contributed by atoms with Crippen molar-refractivity contribution in [2.45, 2.75) is 25.3 Å². The van der Waals surface area contributed by atoms with Gasteiger partial charge in [-0.3, -0.25) is 9.98 Å². The Balaban J connectivity index is 1.79. The molecule has 0 amide bonds. The summed E-state index contributed by atoms with van der Waals surface area (Å²) in [6.07, 6.45) is 6.89. The largest absolute Gasteiger partial charge is 0.367 e. The van der Waals surface area contributed by atoms with Crippen LogP contribution in [0.15, 0.2) is 59.9 Å². The molecule has 1 unspecified atom stereocenters. The van der Waals surface area contributed by atoms with Gasteiger partial charge in [-0.05, 0) is 36.1 Å². The molecule has 1 aliphatic rings. The minimum atomic E-state index is 0.274. The summed E-state index contributed by atoms with van der Waals surface area (Å²) in [6, 6.07) is 15.0. The van der Waals surface area contributed by atoms with Gasteiger partial charge in [-0.25, -0.2) is 0 Å². The molecule has 0 saturated carbocycles. The Hall–Kier alpha value is -2.16. The maximum absolute atomic E-state index is 4.54. The molecule has 3 rings (SSSR count). The van der Waals surface area contributed by atoms with E-state index >= 15 is 0 Å². The maximum atomic E-state index is 4.54. The fourth-order valence-corrected chi connectivity index (χ4v) is 2.55. The van der Waals surface area contributed by atoms with Crippen molar-refractivity contribution in [1.29, 1.82) is 0 Å². The zero-order valence-corrected chi connectivity index (χ0v) is 11.5. The van der Waals surface area contributed by atoms with E-state index in [9.17, 15) is 0 Å². The highest BCUT2D eigenvalue weighted by atomic mass is 15.0. The van der Waals surface area contributed by atoms with E-state index in [1.807, 2.05) is 12.4 Å². The summed E-state index contributed by atoms with van der Waals surface area (Å²) in [6.45, 7) is 0.957. The predicted octanol–water partition coefficient (Wildman–Crippen LogP) is 3.15. The second-order valence-electron chi connectivity index (χ2n) is 5.10. The van der Waals surface area contributed by atoms with Gasteiger partial charge in [-0.1, -0.05) is 30.3 Å². The second kappa shape index (κ2) is 6.33. The van der Waals surface area contributed by atoms with E-state index in [1.54, 1.807) is 0 Å². The van der Waals surface area contributed by atoms with Gasteiger partial charge in [0, 0.05) is 25.4 Å². The topological polar surface area (TPSA) is 37.3 Å². The van der Waals surface area contributed by atoms with Crippen LogP contribution in [0, 0.1) is 0 Å². The van der Waals surface area contributed by atoms with Crippen molar-refractivity contribution in [3.8, 4) is 0 Å². The van der Waals surface area contributed by atoms with Crippen LogP contribution in [0.3, 0.4) is 0 Å². The highest BCUT2D eigenvalue weighted by molar-refractivity contribution is 5.83. The minimum absolute atomic E-state index is 0.274. The Morgan fingerprint density at radius 1 is 1.05 bits per heavy atom. The summed E-state index contributed by atoms with van der Waals surface area (Å²) in [5.41, 5.74) is 2.60. The molecule has 20 heavy (non-hydrogen) atoms. The number of hydrogen-bond donors (Lipinski definition) is 1. The molecule has 0 spiro atoms. The Kier molecular flexibility index (Phi) is 4.07. The Morgan fingerprint density at radius 2 is 1.85 bits per heavy atom. The lowest BCUT2D eigenvalue weighted by Crippen LogP contribution is -2.28. The van der Waals surface area contributed by atoms with Gasteiger partial charge in [0.1, 0.15) is 0 Å². The molecule has 1 N–H and O–H groups in total. The summed E-state index contributed by atoms with van der Waals surface area (Å²) in [7, 11) is 0. The fourth-order valence-electron chi connectivity index (χ4n) is 2.55. The molecule has 102 valence electrons. The Morgan fingerprint density at radius 3 is 2.55 bits per heavy atom. The molecule has 0 radical (unpaired) electrons. The van der Waals surface area contributed by atoms with Gasteiger partial charge >= 0.3 is 0 Å². The van der Waals surface area contributed by atoms with Crippen LogP contribution in [-0.4, -0.2) is 17.4 Å². The summed E-state index contributed by atoms with van der Waals surface area (Å²) < 4.78 is 0. The Labute approximate surface area is 119 Å². The van der Waals surface area contributed by atoms with E-state index in [4.69, 9.17) is 0 Å². The zero-order chi connectivity index (χ0) is 13.6. The first-order valence-electron chi connectivity index (χ1n) is 7.15. The molecule has 0 saturated heterocycles. The SMILES string of the molecule is c1ccc(C(Cc2ccncc2)NC2=NCCC2)cc1. The van der Waals surface area contributed by atoms with Crippen molar-refractivity contribution in [2.24, 2.45) is 4.99 Å². The van der Waals surface area contributed by atoms with Crippen LogP contribution in [0.25, 0.3) is 0 Å². The Bertz CT molecular complexity index is 563. The number of nitrogens with zero attached hydrogens (tertiary/aromatic N) is 2. The molecule has 1 aliphatic heterocycles. The van der Waals surface area contributed by atoms with Crippen molar-refractivity contribution in [2.75, 3.05) is 6.54 Å². The fraction of sp³-hybridized carbons (Fsp3) is 0.294. The maximum Gasteiger partial charge on any atom is 0.0968 e. The first-order valence-corrected chi connectivity index (χ1v) is 7.15. The van der Waals surface area contributed by atoms with Gasteiger partial charge in [0.05, 0.1) is 11.9 Å². The predicted molar refractivity (Wildman–Crippen MR) is 81.8 cm³/mol. The molecule has 1 aromatic carbocycles. The molecular formula is C17H19N3. The standard InChI is InChI=1S/C17H19N3/c1-2-5-15(6-3-1)16(20-17-7-4-10-19-17)13-14-8-11-18-12-9-14/h1-3,5-6,8-9,11-12,16H,4,7,10,13H2,(H,19,20). The number of rotatable bonds is 4. The van der Waals surface area contributed by atoms with E-state index in [1.165, 1.54) is 17.5 Å². The van der Waals surface area contributed by atoms with E-state index in [2.05, 4.69) is 57.8 Å². The van der Waals surface area contributed by atoms with Crippen LogP contribution in [0.2, 0.25) is 0 Å². The lowest BCUT2D eigenvalue weighted by atomic mass is 9.99. The van der Waals surface area contributed by atoms with E-state index < -0.39 is 0 Å². The highest BCUT2D eigenvalue weighted by Crippen LogP contribution is 2.19. The zero-order valence-electron chi connectivity index (χ0n) is 11.5. The molecule has 1 atom stereocenters. The molecule has 2 aromatic rings. The van der Waals surface area contributed by atoms with E-state index in [-0.39, 0.29) is 6.04 Å². The molecular weight excluding hydrogens is 246 g/mol. The highest BCUT2D eigenvalue weighted by Gasteiger charge is 2.15. The van der Waals surface area contributed by atoms with E-state index in [0.717, 1.165) is 25.2 Å². The molecule has 0 fully saturated rings. The first kappa shape index (κ1) is 12.9. The van der Waals surface area contributed by atoms with Gasteiger partial charge in [0.25, 0.3) is 0 Å². The van der Waals surface area contributed by atoms with Crippen molar-refractivity contribution in [3.63, 3.8) is 0 Å². The molecule has 3 heteroatoms. The number of aromatic nitrogens is 1. The second-order valence-corrected chi connectivity index (χ2v) is 5.10. The third-order valence-electron chi connectivity index (χ3n) is 3.61. The van der Waals surface area contributed by atoms with Gasteiger partial charge in [-0.15, -0.1) is 0 Å². The average Bonchev–Trinajstić information content (AvgIpc) is 3.02. The van der Waals surface area contributed by atoms with Crippen LogP contribution in [0.4, 0.5) is 0 Å². The van der Waals surface area contributed by atoms with Crippen molar-refractivity contribution in [3.05, 3.63) is 66.0 Å². The first-order chi connectivity index (χ1) is 9.92. The van der Waals surface area contributed by atoms with Gasteiger partial charge in [0.15, 0.2) is 0 Å². The van der Waals surface area contributed by atoms with Crippen LogP contribution in [-0.2, 0) is 6.42 Å². The quantitative estimate of drug-likeness (QED) is 0.922. The van der Waals surface area contributed by atoms with Gasteiger partial charge in [-0.2, -0.15) is 0 Å². The van der Waals surface area contributed by atoms with Gasteiger partial charge in [0.2, 0.25) is 0 Å². The van der Waals surface area contributed by atoms with E-state index in [0.29, 0.717) is 0 Å². The number of aliphatic imine (C=N–C) groups is 1. The third kappa shape index (κ3) is 3.23. The van der Waals surface area contributed by atoms with Crippen molar-refractivity contribution < 1.29 is 0 Å². The molecule has 2 heterocycles. The van der Waals surface area contributed by atoms with Crippen LogP contribution < -0.4 is 5.32 Å². The molecule has 0 aliphatic carbocycles. The minimum Gasteiger partial charge on any atom is -0.367 e. The lowest BCUT2D eigenvalue weighted by molar-refractivity contribution is 0.638. The average molecular weight is 265 g/mol. The summed E-state index contributed by atoms with van der Waals surface area (Å²) >= 11 is 0. The summed E-state index contributed by atoms with van der Waals surface area (Å²) in [4.78, 5) is 8.62. The van der Waals surface area contributed by atoms with Crippen LogP contribution >= 0.6 is 0 Å². The van der Waals surface area contributed by atoms with Crippen molar-refractivity contribution >= 4 is 5.84 Å². The number of nitrogens with one attached hydrogen (secondary N) is 1. The molecule has 1 aromatic heterocycles. The number of amidine groups is 1. The van der Waals surface area contributed by atoms with Crippen LogP contribution in [0.1, 0.15) is 30.0 Å². The third-order valence-corrected chi connectivity index (χ3v) is 3.61. The normalized spacial score (nSPS) is 15.7. The van der Waals surface area contributed by atoms with Crippen molar-refractivity contribution in [1.82, 2.24) is 10.3 Å². The molecule has 3 nitrogen and oxygen atoms in total. The summed E-state index contributed by atoms with van der Waals surface area (Å²) in [5.74, 6) is 1.15. The van der Waals surface area contributed by atoms with Crippen LogP contribution in [0.5, 0.6) is 0 Å². The summed E-state index contributed by atoms with van der Waals surface area (Å²) in [5, 5.41) is 3.61. The van der Waals surface area contributed by atoms with Gasteiger partial charge < -0.3 is 5.32 Å².